The van der Waals surface area contributed by atoms with E-state index in [1.165, 1.54) is 0 Å². The van der Waals surface area contributed by atoms with E-state index >= 15 is 0 Å². The fourth-order valence-corrected chi connectivity index (χ4v) is 1.29. The molecule has 2 N–H and O–H groups in total. The van der Waals surface area contributed by atoms with Crippen molar-refractivity contribution in [3.8, 4) is 0 Å². The van der Waals surface area contributed by atoms with Crippen LogP contribution in [-0.2, 0) is 9.47 Å². The van der Waals surface area contributed by atoms with Gasteiger partial charge >= 0.3 is 0 Å². The van der Waals surface area contributed by atoms with Crippen molar-refractivity contribution in [3.63, 3.8) is 0 Å². The van der Waals surface area contributed by atoms with Crippen molar-refractivity contribution < 1.29 is 14.6 Å². The van der Waals surface area contributed by atoms with Crippen molar-refractivity contribution in [1.82, 2.24) is 5.32 Å². The molecule has 0 aliphatic carbocycles. The van der Waals surface area contributed by atoms with Gasteiger partial charge in [-0.1, -0.05) is 6.08 Å². The lowest BCUT2D eigenvalue weighted by atomic mass is 10.2. The minimum Gasteiger partial charge on any atom is -0.389 e. The highest BCUT2D eigenvalue weighted by Gasteiger charge is 2.09. The van der Waals surface area contributed by atoms with Gasteiger partial charge in [-0.15, -0.1) is 6.58 Å². The van der Waals surface area contributed by atoms with E-state index in [4.69, 9.17) is 9.47 Å². The lowest BCUT2D eigenvalue weighted by Crippen LogP contribution is -2.36. The van der Waals surface area contributed by atoms with Crippen molar-refractivity contribution >= 4 is 0 Å². The van der Waals surface area contributed by atoms with Gasteiger partial charge in [-0.05, 0) is 20.3 Å². The van der Waals surface area contributed by atoms with Gasteiger partial charge in [-0.3, -0.25) is 0 Å². The predicted octanol–water partition coefficient (Wildman–Crippen LogP) is 0.953. The summed E-state index contributed by atoms with van der Waals surface area (Å²) in [5.74, 6) is 0. The van der Waals surface area contributed by atoms with E-state index < -0.39 is 6.10 Å². The first-order valence-corrected chi connectivity index (χ1v) is 5.73. The second kappa shape index (κ2) is 9.78. The fraction of sp³-hybridized carbons (Fsp3) is 0.833. The average Bonchev–Trinajstić information content (AvgIpc) is 2.24. The largest absolute Gasteiger partial charge is 0.389 e. The van der Waals surface area contributed by atoms with Crippen LogP contribution in [0.3, 0.4) is 0 Å². The molecule has 4 heteroatoms. The molecule has 0 bridgehead atoms. The normalized spacial score (nSPS) is 16.8. The number of rotatable bonds is 10. The molecule has 0 rings (SSSR count). The van der Waals surface area contributed by atoms with Crippen LogP contribution >= 0.6 is 0 Å². The van der Waals surface area contributed by atoms with E-state index in [2.05, 4.69) is 18.8 Å². The van der Waals surface area contributed by atoms with Crippen LogP contribution in [0.2, 0.25) is 0 Å². The highest BCUT2D eigenvalue weighted by Crippen LogP contribution is 1.95. The molecular weight excluding hydrogens is 206 g/mol. The van der Waals surface area contributed by atoms with Crippen LogP contribution in [0.25, 0.3) is 0 Å². The van der Waals surface area contributed by atoms with Crippen LogP contribution in [0.5, 0.6) is 0 Å². The molecule has 0 aliphatic rings. The molecule has 0 saturated heterocycles. The lowest BCUT2D eigenvalue weighted by Gasteiger charge is -2.18. The van der Waals surface area contributed by atoms with E-state index in [1.54, 1.807) is 7.11 Å². The van der Waals surface area contributed by atoms with Crippen LogP contribution in [0.15, 0.2) is 12.7 Å². The minimum absolute atomic E-state index is 0.0187. The van der Waals surface area contributed by atoms with E-state index in [0.29, 0.717) is 25.8 Å². The fourth-order valence-electron chi connectivity index (χ4n) is 1.29. The maximum atomic E-state index is 9.63. The second-order valence-corrected chi connectivity index (χ2v) is 4.09. The third-order valence-electron chi connectivity index (χ3n) is 2.20. The summed E-state index contributed by atoms with van der Waals surface area (Å²) in [6.07, 6.45) is 2.30. The SMILES string of the molecule is C=CCC(C)NCC(O)COC(C)COC. The molecule has 16 heavy (non-hydrogen) atoms. The summed E-state index contributed by atoms with van der Waals surface area (Å²) in [5.41, 5.74) is 0. The van der Waals surface area contributed by atoms with E-state index in [-0.39, 0.29) is 6.10 Å². The first kappa shape index (κ1) is 15.6. The number of nitrogens with one attached hydrogen (secondary N) is 1. The third kappa shape index (κ3) is 8.85. The summed E-state index contributed by atoms with van der Waals surface area (Å²) >= 11 is 0. The van der Waals surface area contributed by atoms with Gasteiger partial charge < -0.3 is 19.9 Å². The van der Waals surface area contributed by atoms with Gasteiger partial charge in [0.15, 0.2) is 0 Å². The summed E-state index contributed by atoms with van der Waals surface area (Å²) in [6, 6.07) is 0.337. The van der Waals surface area contributed by atoms with Crippen molar-refractivity contribution in [2.75, 3.05) is 26.9 Å². The number of ether oxygens (including phenoxy) is 2. The zero-order chi connectivity index (χ0) is 12.4. The summed E-state index contributed by atoms with van der Waals surface area (Å²) in [4.78, 5) is 0. The van der Waals surface area contributed by atoms with Gasteiger partial charge in [0.25, 0.3) is 0 Å². The Kier molecular flexibility index (Phi) is 9.52. The standard InChI is InChI=1S/C12H25NO3/c1-5-6-10(2)13-7-12(14)9-16-11(3)8-15-4/h5,10-14H,1,6-9H2,2-4H3. The number of hydrogen-bond acceptors (Lipinski definition) is 4. The molecule has 0 fully saturated rings. The monoisotopic (exact) mass is 231 g/mol. The van der Waals surface area contributed by atoms with Gasteiger partial charge in [-0.2, -0.15) is 0 Å². The molecule has 4 nitrogen and oxygen atoms in total. The predicted molar refractivity (Wildman–Crippen MR) is 65.6 cm³/mol. The Labute approximate surface area is 98.6 Å². The highest BCUT2D eigenvalue weighted by atomic mass is 16.5. The molecule has 0 heterocycles. The Hall–Kier alpha value is -0.420. The maximum absolute atomic E-state index is 9.63. The molecule has 0 spiro atoms. The Morgan fingerprint density at radius 3 is 2.62 bits per heavy atom. The summed E-state index contributed by atoms with van der Waals surface area (Å²) in [7, 11) is 1.63. The Morgan fingerprint density at radius 1 is 1.38 bits per heavy atom. The van der Waals surface area contributed by atoms with Gasteiger partial charge in [0, 0.05) is 19.7 Å². The molecule has 0 saturated carbocycles. The quantitative estimate of drug-likeness (QED) is 0.550. The van der Waals surface area contributed by atoms with E-state index in [0.717, 1.165) is 6.42 Å². The van der Waals surface area contributed by atoms with Crippen molar-refractivity contribution in [3.05, 3.63) is 12.7 Å². The van der Waals surface area contributed by atoms with Crippen molar-refractivity contribution in [2.24, 2.45) is 0 Å². The molecule has 0 amide bonds. The van der Waals surface area contributed by atoms with Crippen LogP contribution in [0.1, 0.15) is 20.3 Å². The summed E-state index contributed by atoms with van der Waals surface area (Å²) < 4.78 is 10.3. The third-order valence-corrected chi connectivity index (χ3v) is 2.20. The first-order chi connectivity index (χ1) is 7.60. The number of aliphatic hydroxyl groups is 1. The topological polar surface area (TPSA) is 50.7 Å². The maximum Gasteiger partial charge on any atom is 0.0897 e. The molecular formula is C12H25NO3. The lowest BCUT2D eigenvalue weighted by molar-refractivity contribution is -0.0314. The minimum atomic E-state index is -0.480. The van der Waals surface area contributed by atoms with Crippen LogP contribution < -0.4 is 5.32 Å². The molecule has 0 aromatic rings. The Morgan fingerprint density at radius 2 is 2.06 bits per heavy atom. The smallest absolute Gasteiger partial charge is 0.0897 e. The van der Waals surface area contributed by atoms with E-state index in [1.807, 2.05) is 13.0 Å². The first-order valence-electron chi connectivity index (χ1n) is 5.73. The highest BCUT2D eigenvalue weighted by molar-refractivity contribution is 4.75. The van der Waals surface area contributed by atoms with Crippen LogP contribution in [0.4, 0.5) is 0 Å². The van der Waals surface area contributed by atoms with Crippen molar-refractivity contribution in [1.29, 1.82) is 0 Å². The van der Waals surface area contributed by atoms with Crippen LogP contribution in [-0.4, -0.2) is 50.2 Å². The number of hydrogen-bond donors (Lipinski definition) is 2. The van der Waals surface area contributed by atoms with Crippen LogP contribution in [0, 0.1) is 0 Å². The van der Waals surface area contributed by atoms with Crippen molar-refractivity contribution in [2.45, 2.75) is 38.5 Å². The molecule has 3 atom stereocenters. The molecule has 0 aliphatic heterocycles. The summed E-state index contributed by atoms with van der Waals surface area (Å²) in [5, 5.41) is 12.8. The van der Waals surface area contributed by atoms with E-state index in [9.17, 15) is 5.11 Å². The molecule has 0 aromatic carbocycles. The zero-order valence-corrected chi connectivity index (χ0v) is 10.6. The van der Waals surface area contributed by atoms with Gasteiger partial charge in [0.05, 0.1) is 25.4 Å². The average molecular weight is 231 g/mol. The molecule has 0 aromatic heterocycles. The molecule has 3 unspecified atom stereocenters. The molecule has 0 radical (unpaired) electrons. The van der Waals surface area contributed by atoms with Gasteiger partial charge in [0.2, 0.25) is 0 Å². The number of aliphatic hydroxyl groups excluding tert-OH is 1. The number of methoxy groups -OCH3 is 1. The Balaban J connectivity index is 3.50. The molecule has 96 valence electrons. The van der Waals surface area contributed by atoms with Gasteiger partial charge in [0.1, 0.15) is 0 Å². The summed E-state index contributed by atoms with van der Waals surface area (Å²) in [6.45, 7) is 9.06. The Bertz CT molecular complexity index is 176. The van der Waals surface area contributed by atoms with Gasteiger partial charge in [-0.25, -0.2) is 0 Å². The zero-order valence-electron chi connectivity index (χ0n) is 10.6. The second-order valence-electron chi connectivity index (χ2n) is 4.09.